The molecule has 0 fully saturated rings. The van der Waals surface area contributed by atoms with E-state index in [-0.39, 0.29) is 5.02 Å². The van der Waals surface area contributed by atoms with Crippen molar-refractivity contribution in [2.24, 2.45) is 0 Å². The summed E-state index contributed by atoms with van der Waals surface area (Å²) in [5.41, 5.74) is 2.90. The summed E-state index contributed by atoms with van der Waals surface area (Å²) in [6, 6.07) is 8.59. The van der Waals surface area contributed by atoms with Gasteiger partial charge in [0.05, 0.1) is 17.0 Å². The number of hydrogen-bond donors (Lipinski definition) is 1. The van der Waals surface area contributed by atoms with E-state index in [2.05, 4.69) is 15.0 Å². The minimum absolute atomic E-state index is 0.110. The molecule has 2 heterocycles. The lowest BCUT2D eigenvalue weighted by atomic mass is 10.0. The zero-order valence-electron chi connectivity index (χ0n) is 10.5. The van der Waals surface area contributed by atoms with E-state index in [0.29, 0.717) is 12.0 Å². The number of imidazole rings is 1. The Morgan fingerprint density at radius 3 is 2.80 bits per heavy atom. The van der Waals surface area contributed by atoms with Crippen LogP contribution in [0.25, 0.3) is 11.1 Å². The topological polar surface area (TPSA) is 41.6 Å². The van der Waals surface area contributed by atoms with Gasteiger partial charge in [-0.1, -0.05) is 29.8 Å². The Balaban J connectivity index is 2.08. The van der Waals surface area contributed by atoms with Gasteiger partial charge in [0.2, 0.25) is 0 Å². The van der Waals surface area contributed by atoms with Crippen molar-refractivity contribution in [1.29, 1.82) is 0 Å². The van der Waals surface area contributed by atoms with Gasteiger partial charge in [0, 0.05) is 35.6 Å². The third-order valence-electron chi connectivity index (χ3n) is 3.04. The number of benzene rings is 1. The molecule has 0 unspecified atom stereocenters. The van der Waals surface area contributed by atoms with E-state index in [1.54, 1.807) is 36.9 Å². The Labute approximate surface area is 120 Å². The average Bonchev–Trinajstić information content (AvgIpc) is 2.96. The van der Waals surface area contributed by atoms with E-state index in [0.717, 1.165) is 17.0 Å². The van der Waals surface area contributed by atoms with Crippen LogP contribution in [0.2, 0.25) is 5.02 Å². The van der Waals surface area contributed by atoms with Gasteiger partial charge < -0.3 is 4.98 Å². The van der Waals surface area contributed by atoms with E-state index in [4.69, 9.17) is 11.6 Å². The third kappa shape index (κ3) is 2.42. The van der Waals surface area contributed by atoms with Gasteiger partial charge in [-0.25, -0.2) is 9.37 Å². The first-order valence-corrected chi connectivity index (χ1v) is 6.49. The second-order valence-corrected chi connectivity index (χ2v) is 4.76. The van der Waals surface area contributed by atoms with Crippen molar-refractivity contribution in [3.63, 3.8) is 0 Å². The molecule has 0 saturated heterocycles. The fraction of sp³-hybridized carbons (Fsp3) is 0.0667. The maximum absolute atomic E-state index is 14.2. The van der Waals surface area contributed by atoms with Crippen LogP contribution in [0.3, 0.4) is 0 Å². The minimum Gasteiger partial charge on any atom is -0.348 e. The molecular formula is C15H11ClFN3. The van der Waals surface area contributed by atoms with E-state index in [9.17, 15) is 4.39 Å². The summed E-state index contributed by atoms with van der Waals surface area (Å²) in [7, 11) is 0. The maximum atomic E-state index is 14.2. The molecule has 100 valence electrons. The Morgan fingerprint density at radius 2 is 2.00 bits per heavy atom. The molecule has 0 aliphatic carbocycles. The Hall–Kier alpha value is -2.20. The number of aromatic nitrogens is 3. The number of rotatable bonds is 3. The summed E-state index contributed by atoms with van der Waals surface area (Å²) in [5, 5.41) is 0.110. The summed E-state index contributed by atoms with van der Waals surface area (Å²) in [6.45, 7) is 0. The predicted octanol–water partition coefficient (Wildman–Crippen LogP) is 3.86. The van der Waals surface area contributed by atoms with Crippen molar-refractivity contribution in [3.8, 4) is 11.1 Å². The number of nitrogens with one attached hydrogen (secondary N) is 1. The first kappa shape index (κ1) is 12.8. The quantitative estimate of drug-likeness (QED) is 0.795. The highest BCUT2D eigenvalue weighted by Gasteiger charge is 2.13. The minimum atomic E-state index is -0.423. The monoisotopic (exact) mass is 287 g/mol. The lowest BCUT2D eigenvalue weighted by Crippen LogP contribution is -1.97. The summed E-state index contributed by atoms with van der Waals surface area (Å²) >= 11 is 5.85. The van der Waals surface area contributed by atoms with Crippen LogP contribution in [-0.2, 0) is 6.42 Å². The molecule has 0 radical (unpaired) electrons. The molecule has 2 aromatic heterocycles. The SMILES string of the molecule is Fc1c(Cl)cccc1-c1cccnc1Cc1cnc[nH]1. The van der Waals surface area contributed by atoms with Crippen LogP contribution in [0.5, 0.6) is 0 Å². The smallest absolute Gasteiger partial charge is 0.149 e. The molecule has 0 saturated carbocycles. The van der Waals surface area contributed by atoms with Crippen molar-refractivity contribution >= 4 is 11.6 Å². The first-order chi connectivity index (χ1) is 9.75. The van der Waals surface area contributed by atoms with Crippen molar-refractivity contribution < 1.29 is 4.39 Å². The third-order valence-corrected chi connectivity index (χ3v) is 3.34. The van der Waals surface area contributed by atoms with Crippen molar-refractivity contribution in [3.05, 3.63) is 71.3 Å². The summed E-state index contributed by atoms with van der Waals surface area (Å²) in [5.74, 6) is -0.423. The van der Waals surface area contributed by atoms with E-state index >= 15 is 0 Å². The van der Waals surface area contributed by atoms with Crippen molar-refractivity contribution in [2.75, 3.05) is 0 Å². The zero-order chi connectivity index (χ0) is 13.9. The molecule has 3 rings (SSSR count). The number of halogens is 2. The van der Waals surface area contributed by atoms with Gasteiger partial charge >= 0.3 is 0 Å². The molecule has 3 nitrogen and oxygen atoms in total. The van der Waals surface area contributed by atoms with Crippen LogP contribution < -0.4 is 0 Å². The number of nitrogens with zero attached hydrogens (tertiary/aromatic N) is 2. The highest BCUT2D eigenvalue weighted by molar-refractivity contribution is 6.31. The number of H-pyrrole nitrogens is 1. The van der Waals surface area contributed by atoms with Gasteiger partial charge in [-0.15, -0.1) is 0 Å². The molecule has 5 heteroatoms. The standard InChI is InChI=1S/C15H11ClFN3/c16-13-5-1-3-12(15(13)17)11-4-2-6-19-14(11)7-10-8-18-9-20-10/h1-6,8-9H,7H2,(H,18,20). The fourth-order valence-corrected chi connectivity index (χ4v) is 2.27. The lowest BCUT2D eigenvalue weighted by molar-refractivity contribution is 0.631. The van der Waals surface area contributed by atoms with E-state index < -0.39 is 5.82 Å². The molecular weight excluding hydrogens is 277 g/mol. The molecule has 20 heavy (non-hydrogen) atoms. The number of pyridine rings is 1. The predicted molar refractivity (Wildman–Crippen MR) is 76.0 cm³/mol. The van der Waals surface area contributed by atoms with Gasteiger partial charge in [-0.3, -0.25) is 4.98 Å². The molecule has 0 bridgehead atoms. The van der Waals surface area contributed by atoms with Crippen LogP contribution in [0.1, 0.15) is 11.4 Å². The summed E-state index contributed by atoms with van der Waals surface area (Å²) in [6.07, 6.45) is 5.59. The van der Waals surface area contributed by atoms with Crippen LogP contribution >= 0.6 is 11.6 Å². The van der Waals surface area contributed by atoms with Gasteiger partial charge in [0.1, 0.15) is 5.82 Å². The molecule has 3 aromatic rings. The van der Waals surface area contributed by atoms with E-state index in [1.807, 2.05) is 6.07 Å². The van der Waals surface area contributed by atoms with Crippen LogP contribution in [0.4, 0.5) is 4.39 Å². The Morgan fingerprint density at radius 1 is 1.15 bits per heavy atom. The average molecular weight is 288 g/mol. The molecule has 1 aromatic carbocycles. The highest BCUT2D eigenvalue weighted by Crippen LogP contribution is 2.29. The molecule has 0 aliphatic heterocycles. The number of hydrogen-bond acceptors (Lipinski definition) is 2. The molecule has 0 aliphatic rings. The van der Waals surface area contributed by atoms with Gasteiger partial charge in [0.15, 0.2) is 0 Å². The van der Waals surface area contributed by atoms with Crippen molar-refractivity contribution in [2.45, 2.75) is 6.42 Å². The van der Waals surface area contributed by atoms with Gasteiger partial charge in [-0.05, 0) is 12.1 Å². The fourth-order valence-electron chi connectivity index (χ4n) is 2.10. The highest BCUT2D eigenvalue weighted by atomic mass is 35.5. The maximum Gasteiger partial charge on any atom is 0.149 e. The summed E-state index contributed by atoms with van der Waals surface area (Å²) in [4.78, 5) is 11.3. The first-order valence-electron chi connectivity index (χ1n) is 6.11. The molecule has 0 amide bonds. The van der Waals surface area contributed by atoms with Crippen molar-refractivity contribution in [1.82, 2.24) is 15.0 Å². The lowest BCUT2D eigenvalue weighted by Gasteiger charge is -2.09. The van der Waals surface area contributed by atoms with Gasteiger partial charge in [-0.2, -0.15) is 0 Å². The Kier molecular flexibility index (Phi) is 3.48. The van der Waals surface area contributed by atoms with Crippen LogP contribution in [0, 0.1) is 5.82 Å². The van der Waals surface area contributed by atoms with Crippen LogP contribution in [-0.4, -0.2) is 15.0 Å². The molecule has 1 N–H and O–H groups in total. The zero-order valence-corrected chi connectivity index (χ0v) is 11.2. The molecule has 0 spiro atoms. The largest absolute Gasteiger partial charge is 0.348 e. The second-order valence-electron chi connectivity index (χ2n) is 4.35. The number of aromatic amines is 1. The van der Waals surface area contributed by atoms with Crippen LogP contribution in [0.15, 0.2) is 49.1 Å². The normalized spacial score (nSPS) is 10.7. The Bertz CT molecular complexity index is 726. The summed E-state index contributed by atoms with van der Waals surface area (Å²) < 4.78 is 14.2. The second kappa shape index (κ2) is 5.43. The molecule has 0 atom stereocenters. The van der Waals surface area contributed by atoms with E-state index in [1.165, 1.54) is 6.07 Å². The van der Waals surface area contributed by atoms with Gasteiger partial charge in [0.25, 0.3) is 0 Å².